The van der Waals surface area contributed by atoms with Crippen LogP contribution < -0.4 is 9.90 Å². The lowest BCUT2D eigenvalue weighted by Gasteiger charge is -2.32. The number of hydrogen-bond donors (Lipinski definition) is 0. The van der Waals surface area contributed by atoms with E-state index in [0.717, 1.165) is 65.6 Å². The van der Waals surface area contributed by atoms with Gasteiger partial charge in [0.2, 0.25) is 0 Å². The lowest BCUT2D eigenvalue weighted by Crippen LogP contribution is -2.28. The van der Waals surface area contributed by atoms with Crippen LogP contribution in [0.4, 0.5) is 11.6 Å². The Labute approximate surface area is 258 Å². The molecule has 1 aliphatic rings. The van der Waals surface area contributed by atoms with Crippen molar-refractivity contribution in [2.45, 2.75) is 0 Å². The fourth-order valence-corrected chi connectivity index (χ4v) is 6.85. The van der Waals surface area contributed by atoms with E-state index in [-0.39, 0.29) is 0 Å². The lowest BCUT2D eigenvalue weighted by molar-refractivity contribution is 0.315. The van der Waals surface area contributed by atoms with Gasteiger partial charge in [-0.15, -0.1) is 5.06 Å². The number of benzene rings is 7. The van der Waals surface area contributed by atoms with Crippen LogP contribution in [-0.4, -0.2) is 9.97 Å². The van der Waals surface area contributed by atoms with E-state index in [4.69, 9.17) is 20.6 Å². The van der Waals surface area contributed by atoms with Gasteiger partial charge in [-0.05, 0) is 39.7 Å². The predicted octanol–water partition coefficient (Wildman–Crippen LogP) is 10.6. The standard InChI is InChI=1S/C40H23N3O2/c1-2-13-25(14-3-1)37-29-18-8-10-20-31(29)41-40(42-37)43-38-36(35-26-15-5-4-12-24(26)22-23-33(35)45-43)28-17-7-6-16-27(28)34-30-19-9-11-21-32(30)44-39(34)38/h1-23H/i19D. The molecule has 2 aromatic heterocycles. The minimum Gasteiger partial charge on any atom is -0.454 e. The normalized spacial score (nSPS) is 12.9. The van der Waals surface area contributed by atoms with E-state index < -0.39 is 0 Å². The maximum atomic E-state index is 8.90. The summed E-state index contributed by atoms with van der Waals surface area (Å²) in [6.45, 7) is 0. The Kier molecular flexibility index (Phi) is 4.73. The Morgan fingerprint density at radius 2 is 1.31 bits per heavy atom. The fourth-order valence-electron chi connectivity index (χ4n) is 6.85. The molecule has 0 N–H and O–H groups in total. The van der Waals surface area contributed by atoms with Gasteiger partial charge in [0.05, 0.1) is 12.6 Å². The van der Waals surface area contributed by atoms with E-state index >= 15 is 0 Å². The van der Waals surface area contributed by atoms with Crippen LogP contribution in [-0.2, 0) is 0 Å². The molecule has 0 saturated carbocycles. The smallest absolute Gasteiger partial charge is 0.265 e. The molecule has 5 nitrogen and oxygen atoms in total. The largest absolute Gasteiger partial charge is 0.454 e. The second-order valence-electron chi connectivity index (χ2n) is 11.3. The van der Waals surface area contributed by atoms with Crippen LogP contribution in [0.25, 0.3) is 76.8 Å². The highest BCUT2D eigenvalue weighted by Crippen LogP contribution is 2.55. The molecule has 0 unspecified atom stereocenters. The minimum absolute atomic E-state index is 0.390. The zero-order valence-electron chi connectivity index (χ0n) is 24.9. The number of aromatic nitrogens is 2. The van der Waals surface area contributed by atoms with Crippen molar-refractivity contribution >= 4 is 66.0 Å². The first-order chi connectivity index (χ1) is 22.7. The van der Waals surface area contributed by atoms with E-state index in [2.05, 4.69) is 66.7 Å². The van der Waals surface area contributed by atoms with E-state index in [9.17, 15) is 0 Å². The summed E-state index contributed by atoms with van der Waals surface area (Å²) in [7, 11) is 0. The summed E-state index contributed by atoms with van der Waals surface area (Å²) in [6, 6.07) is 45.0. The van der Waals surface area contributed by atoms with Gasteiger partial charge in [0.15, 0.2) is 11.3 Å². The Hall–Kier alpha value is -6.20. The number of rotatable bonds is 2. The number of para-hydroxylation sites is 2. The first kappa shape index (κ1) is 23.3. The Balaban J connectivity index is 1.39. The summed E-state index contributed by atoms with van der Waals surface area (Å²) in [5, 5.41) is 8.55. The third kappa shape index (κ3) is 3.43. The van der Waals surface area contributed by atoms with Crippen LogP contribution >= 0.6 is 0 Å². The van der Waals surface area contributed by atoms with Crippen LogP contribution in [0.5, 0.6) is 5.75 Å². The molecule has 0 amide bonds. The minimum atomic E-state index is 0.390. The molecule has 3 heterocycles. The summed E-state index contributed by atoms with van der Waals surface area (Å²) >= 11 is 0. The van der Waals surface area contributed by atoms with Gasteiger partial charge in [-0.2, -0.15) is 0 Å². The van der Waals surface area contributed by atoms with Crippen molar-refractivity contribution in [2.24, 2.45) is 0 Å². The molecule has 0 bridgehead atoms. The number of hydrogen-bond acceptors (Lipinski definition) is 5. The molecule has 0 saturated heterocycles. The molecule has 45 heavy (non-hydrogen) atoms. The van der Waals surface area contributed by atoms with Crippen LogP contribution in [0.1, 0.15) is 1.37 Å². The van der Waals surface area contributed by atoms with E-state index in [0.29, 0.717) is 34.6 Å². The lowest BCUT2D eigenvalue weighted by atomic mass is 9.89. The molecular formula is C40H23N3O2. The van der Waals surface area contributed by atoms with Crippen LogP contribution in [0.2, 0.25) is 0 Å². The first-order valence-corrected chi connectivity index (χ1v) is 14.9. The Morgan fingerprint density at radius 3 is 2.20 bits per heavy atom. The van der Waals surface area contributed by atoms with Crippen molar-refractivity contribution in [1.29, 1.82) is 0 Å². The van der Waals surface area contributed by atoms with Gasteiger partial charge in [0.25, 0.3) is 5.95 Å². The summed E-state index contributed by atoms with van der Waals surface area (Å²) < 4.78 is 15.6. The number of nitrogens with zero attached hydrogens (tertiary/aromatic N) is 3. The third-order valence-electron chi connectivity index (χ3n) is 8.78. The summed E-state index contributed by atoms with van der Waals surface area (Å²) in [6.07, 6.45) is 0. The zero-order valence-corrected chi connectivity index (χ0v) is 23.9. The van der Waals surface area contributed by atoms with E-state index in [1.807, 2.05) is 60.7 Å². The Morgan fingerprint density at radius 1 is 0.578 bits per heavy atom. The predicted molar refractivity (Wildman–Crippen MR) is 182 cm³/mol. The van der Waals surface area contributed by atoms with Gasteiger partial charge in [-0.3, -0.25) is 0 Å². The highest BCUT2D eigenvalue weighted by Gasteiger charge is 2.35. The average Bonchev–Trinajstić information content (AvgIpc) is 3.52. The van der Waals surface area contributed by atoms with Gasteiger partial charge in [0.1, 0.15) is 11.3 Å². The van der Waals surface area contributed by atoms with Crippen molar-refractivity contribution < 1.29 is 10.6 Å². The molecular weight excluding hydrogens is 554 g/mol. The highest BCUT2D eigenvalue weighted by molar-refractivity contribution is 6.29. The van der Waals surface area contributed by atoms with Crippen molar-refractivity contribution in [2.75, 3.05) is 5.06 Å². The number of fused-ring (bicyclic) bond motifs is 13. The molecule has 0 fully saturated rings. The molecule has 7 aromatic carbocycles. The molecule has 9 aromatic rings. The summed E-state index contributed by atoms with van der Waals surface area (Å²) in [4.78, 5) is 17.2. The fraction of sp³-hybridized carbons (Fsp3) is 0. The van der Waals surface area contributed by atoms with Crippen LogP contribution in [0, 0.1) is 0 Å². The SMILES string of the molecule is [2H]c1cccc2oc3c4c(c5ccccc5c3c12)-c1c(ccc2ccccc12)ON4c1nc(-c2ccccc2)c2ccccc2n1. The molecule has 5 heteroatoms. The topological polar surface area (TPSA) is 51.4 Å². The molecule has 10 rings (SSSR count). The van der Waals surface area contributed by atoms with Gasteiger partial charge >= 0.3 is 0 Å². The Bertz CT molecular complexity index is 2700. The second kappa shape index (κ2) is 9.15. The van der Waals surface area contributed by atoms with Gasteiger partial charge in [-0.1, -0.05) is 121 Å². The van der Waals surface area contributed by atoms with Crippen molar-refractivity contribution in [3.63, 3.8) is 0 Å². The second-order valence-corrected chi connectivity index (χ2v) is 11.3. The van der Waals surface area contributed by atoms with E-state index in [1.54, 1.807) is 11.1 Å². The van der Waals surface area contributed by atoms with Crippen molar-refractivity contribution in [3.05, 3.63) is 140 Å². The van der Waals surface area contributed by atoms with Crippen molar-refractivity contribution in [1.82, 2.24) is 9.97 Å². The molecule has 1 aliphatic heterocycles. The van der Waals surface area contributed by atoms with Crippen LogP contribution in [0.15, 0.2) is 144 Å². The highest BCUT2D eigenvalue weighted by atomic mass is 16.7. The monoisotopic (exact) mass is 578 g/mol. The quantitative estimate of drug-likeness (QED) is 0.204. The molecule has 0 aliphatic carbocycles. The van der Waals surface area contributed by atoms with Gasteiger partial charge in [-0.25, -0.2) is 9.97 Å². The zero-order chi connectivity index (χ0) is 30.4. The molecule has 0 atom stereocenters. The molecule has 210 valence electrons. The maximum Gasteiger partial charge on any atom is 0.265 e. The first-order valence-electron chi connectivity index (χ1n) is 15.4. The third-order valence-corrected chi connectivity index (χ3v) is 8.78. The average molecular weight is 579 g/mol. The molecule has 0 radical (unpaired) electrons. The van der Waals surface area contributed by atoms with Gasteiger partial charge in [0, 0.05) is 32.8 Å². The number of anilines is 2. The van der Waals surface area contributed by atoms with Crippen LogP contribution in [0.3, 0.4) is 0 Å². The van der Waals surface area contributed by atoms with E-state index in [1.165, 1.54) is 0 Å². The number of furan rings is 1. The van der Waals surface area contributed by atoms with Crippen molar-refractivity contribution in [3.8, 4) is 28.1 Å². The maximum absolute atomic E-state index is 8.90. The van der Waals surface area contributed by atoms with Gasteiger partial charge < -0.3 is 9.25 Å². The summed E-state index contributed by atoms with van der Waals surface area (Å²) in [5.74, 6) is 1.09. The molecule has 0 spiro atoms. The summed E-state index contributed by atoms with van der Waals surface area (Å²) in [5.41, 5.74) is 6.54.